The molecule has 20 heavy (non-hydrogen) atoms. The number of alkyl halides is 3. The van der Waals surface area contributed by atoms with Gasteiger partial charge in [0, 0.05) is 23.3 Å². The van der Waals surface area contributed by atoms with E-state index in [9.17, 15) is 22.0 Å². The van der Waals surface area contributed by atoms with Crippen LogP contribution in [0.5, 0.6) is 5.75 Å². The standard InChI is InChI=1S/C13H5F5IO/c14-9-4-8-7-2-1-6(20-13(16,17)18)3-11(7)19-12(8)5-10(9)15/h1-5H/q+1. The molecule has 104 valence electrons. The lowest BCUT2D eigenvalue weighted by Gasteiger charge is -2.08. The Balaban J connectivity index is 2.01. The molecule has 2 aromatic carbocycles. The third-order valence-electron chi connectivity index (χ3n) is 2.68. The van der Waals surface area contributed by atoms with Crippen LogP contribution in [-0.2, 0) is 0 Å². The van der Waals surface area contributed by atoms with E-state index in [1.165, 1.54) is 18.2 Å². The molecule has 0 radical (unpaired) electrons. The smallest absolute Gasteiger partial charge is 0.406 e. The Hall–Kier alpha value is -1.38. The zero-order chi connectivity index (χ0) is 14.5. The van der Waals surface area contributed by atoms with E-state index in [1.807, 2.05) is 0 Å². The first kappa shape index (κ1) is 13.6. The molecule has 1 heterocycles. The Bertz CT molecular complexity index is 696. The molecular weight excluding hydrogens is 394 g/mol. The molecule has 0 saturated heterocycles. The van der Waals surface area contributed by atoms with Crippen molar-refractivity contribution in [2.45, 2.75) is 6.36 Å². The average molecular weight is 399 g/mol. The first-order valence-electron chi connectivity index (χ1n) is 5.37. The summed E-state index contributed by atoms with van der Waals surface area (Å²) in [5.41, 5.74) is 1.19. The average Bonchev–Trinajstić information content (AvgIpc) is 2.64. The lowest BCUT2D eigenvalue weighted by Crippen LogP contribution is -3.61. The Morgan fingerprint density at radius 3 is 2.20 bits per heavy atom. The van der Waals surface area contributed by atoms with Gasteiger partial charge in [-0.15, -0.1) is 13.2 Å². The number of benzene rings is 2. The third-order valence-corrected chi connectivity index (χ3v) is 5.63. The van der Waals surface area contributed by atoms with Crippen molar-refractivity contribution >= 4 is 0 Å². The zero-order valence-electron chi connectivity index (χ0n) is 9.56. The molecule has 1 aliphatic heterocycles. The predicted molar refractivity (Wildman–Crippen MR) is 55.9 cm³/mol. The van der Waals surface area contributed by atoms with Crippen LogP contribution in [0.25, 0.3) is 11.1 Å². The van der Waals surface area contributed by atoms with Crippen LogP contribution in [0, 0.1) is 18.8 Å². The third kappa shape index (κ3) is 2.46. The highest BCUT2D eigenvalue weighted by molar-refractivity contribution is 5.65. The van der Waals surface area contributed by atoms with Crippen LogP contribution in [-0.4, -0.2) is 6.36 Å². The summed E-state index contributed by atoms with van der Waals surface area (Å²) in [5, 5.41) is 0. The molecule has 0 aromatic heterocycles. The van der Waals surface area contributed by atoms with Gasteiger partial charge in [0.05, 0.1) is 0 Å². The fourth-order valence-corrected chi connectivity index (χ4v) is 4.92. The Labute approximate surface area is 120 Å². The molecule has 2 aromatic rings. The Morgan fingerprint density at radius 1 is 0.850 bits per heavy atom. The summed E-state index contributed by atoms with van der Waals surface area (Å²) >= 11 is -0.840. The van der Waals surface area contributed by atoms with Crippen LogP contribution in [0.3, 0.4) is 0 Å². The van der Waals surface area contributed by atoms with E-state index >= 15 is 0 Å². The molecule has 1 nitrogen and oxygen atoms in total. The molecule has 7 heteroatoms. The van der Waals surface area contributed by atoms with Crippen molar-refractivity contribution in [1.82, 2.24) is 0 Å². The number of ether oxygens (including phenoxy) is 1. The summed E-state index contributed by atoms with van der Waals surface area (Å²) < 4.78 is 68.0. The normalized spacial score (nSPS) is 13.1. The molecule has 0 atom stereocenters. The number of halogens is 6. The van der Waals surface area contributed by atoms with Crippen molar-refractivity contribution in [2.24, 2.45) is 0 Å². The largest absolute Gasteiger partial charge is 0.573 e. The lowest BCUT2D eigenvalue weighted by molar-refractivity contribution is -0.590. The molecular formula is C13H5F5IO+. The summed E-state index contributed by atoms with van der Waals surface area (Å²) in [6.07, 6.45) is -4.75. The van der Waals surface area contributed by atoms with Crippen molar-refractivity contribution in [2.75, 3.05) is 0 Å². The van der Waals surface area contributed by atoms with Crippen LogP contribution in [0.4, 0.5) is 22.0 Å². The quantitative estimate of drug-likeness (QED) is 0.337. The van der Waals surface area contributed by atoms with Crippen LogP contribution in [0.2, 0.25) is 0 Å². The molecule has 0 saturated carbocycles. The predicted octanol–water partition coefficient (Wildman–Crippen LogP) is 0.972. The number of hydrogen-bond donors (Lipinski definition) is 0. The van der Waals surface area contributed by atoms with E-state index in [4.69, 9.17) is 0 Å². The Morgan fingerprint density at radius 2 is 1.50 bits per heavy atom. The fraction of sp³-hybridized carbons (Fsp3) is 0.0769. The summed E-state index contributed by atoms with van der Waals surface area (Å²) in [4.78, 5) is 0. The number of hydrogen-bond acceptors (Lipinski definition) is 1. The van der Waals surface area contributed by atoms with Gasteiger partial charge in [-0.2, -0.15) is 0 Å². The molecule has 0 N–H and O–H groups in total. The number of fused-ring (bicyclic) bond motifs is 3. The van der Waals surface area contributed by atoms with Crippen LogP contribution >= 0.6 is 0 Å². The first-order valence-corrected chi connectivity index (χ1v) is 7.53. The molecule has 0 aliphatic carbocycles. The molecule has 0 fully saturated rings. The van der Waals surface area contributed by atoms with E-state index < -0.39 is 39.2 Å². The minimum atomic E-state index is -4.75. The van der Waals surface area contributed by atoms with Gasteiger partial charge in [0.25, 0.3) is 0 Å². The van der Waals surface area contributed by atoms with E-state index in [2.05, 4.69) is 4.74 Å². The van der Waals surface area contributed by atoms with Gasteiger partial charge >= 0.3 is 27.6 Å². The van der Waals surface area contributed by atoms with Crippen LogP contribution in [0.1, 0.15) is 0 Å². The second kappa shape index (κ2) is 4.57. The maximum absolute atomic E-state index is 13.2. The van der Waals surface area contributed by atoms with Crippen LogP contribution in [0.15, 0.2) is 30.3 Å². The highest BCUT2D eigenvalue weighted by Gasteiger charge is 2.37. The van der Waals surface area contributed by atoms with Gasteiger partial charge in [-0.05, 0) is 18.2 Å². The summed E-state index contributed by atoms with van der Waals surface area (Å²) in [6.45, 7) is 0. The van der Waals surface area contributed by atoms with Gasteiger partial charge in [-0.3, -0.25) is 0 Å². The van der Waals surface area contributed by atoms with E-state index in [0.717, 1.165) is 12.1 Å². The molecule has 0 unspecified atom stereocenters. The van der Waals surface area contributed by atoms with Gasteiger partial charge in [0.1, 0.15) is 5.75 Å². The monoisotopic (exact) mass is 399 g/mol. The van der Waals surface area contributed by atoms with Gasteiger partial charge in [0.15, 0.2) is 11.6 Å². The first-order chi connectivity index (χ1) is 9.33. The lowest BCUT2D eigenvalue weighted by atomic mass is 10.1. The van der Waals surface area contributed by atoms with Crippen molar-refractivity contribution in [3.63, 3.8) is 0 Å². The molecule has 0 spiro atoms. The van der Waals surface area contributed by atoms with Gasteiger partial charge < -0.3 is 4.74 Å². The molecule has 0 amide bonds. The molecule has 3 rings (SSSR count). The van der Waals surface area contributed by atoms with Crippen molar-refractivity contribution in [1.29, 1.82) is 0 Å². The van der Waals surface area contributed by atoms with Gasteiger partial charge in [0.2, 0.25) is 7.14 Å². The Kier molecular flexibility index (Phi) is 3.11. The topological polar surface area (TPSA) is 9.23 Å². The summed E-state index contributed by atoms with van der Waals surface area (Å²) in [6, 6.07) is 6.10. The minimum Gasteiger partial charge on any atom is -0.406 e. The van der Waals surface area contributed by atoms with Crippen molar-refractivity contribution < 1.29 is 47.9 Å². The second-order valence-electron chi connectivity index (χ2n) is 4.03. The van der Waals surface area contributed by atoms with Crippen molar-refractivity contribution in [3.05, 3.63) is 49.1 Å². The highest BCUT2D eigenvalue weighted by atomic mass is 127. The zero-order valence-corrected chi connectivity index (χ0v) is 11.7. The minimum absolute atomic E-state index is 0.315. The maximum Gasteiger partial charge on any atom is 0.573 e. The van der Waals surface area contributed by atoms with Crippen molar-refractivity contribution in [3.8, 4) is 16.9 Å². The maximum atomic E-state index is 13.2. The summed E-state index contributed by atoms with van der Waals surface area (Å²) in [7, 11) is 0. The van der Waals surface area contributed by atoms with E-state index in [-0.39, 0.29) is 5.75 Å². The van der Waals surface area contributed by atoms with E-state index in [1.54, 1.807) is 0 Å². The van der Waals surface area contributed by atoms with Gasteiger partial charge in [-0.1, -0.05) is 0 Å². The second-order valence-corrected chi connectivity index (χ2v) is 6.89. The molecule has 0 bridgehead atoms. The van der Waals surface area contributed by atoms with E-state index in [0.29, 0.717) is 18.3 Å². The molecule has 1 aliphatic rings. The van der Waals surface area contributed by atoms with Crippen LogP contribution < -0.4 is 25.9 Å². The SMILES string of the molecule is Fc1cc2c(cc1F)-c1ccc(OC(F)(F)F)cc1[I+]2. The summed E-state index contributed by atoms with van der Waals surface area (Å²) in [5.74, 6) is -2.22. The highest BCUT2D eigenvalue weighted by Crippen LogP contribution is 2.29. The number of rotatable bonds is 1. The fourth-order valence-electron chi connectivity index (χ4n) is 1.91. The van der Waals surface area contributed by atoms with Gasteiger partial charge in [-0.25, -0.2) is 8.78 Å².